The predicted molar refractivity (Wildman–Crippen MR) is 76.8 cm³/mol. The molecule has 7 nitrogen and oxygen atoms in total. The molecule has 3 aromatic rings. The Hall–Kier alpha value is -2.54. The van der Waals surface area contributed by atoms with Crippen molar-refractivity contribution in [1.29, 1.82) is 0 Å². The monoisotopic (exact) mass is 306 g/mol. The highest BCUT2D eigenvalue weighted by molar-refractivity contribution is 6.28. The van der Waals surface area contributed by atoms with Crippen LogP contribution in [0.1, 0.15) is 10.6 Å². The summed E-state index contributed by atoms with van der Waals surface area (Å²) in [6.45, 7) is 0. The molecule has 0 amide bonds. The molecule has 0 saturated heterocycles. The van der Waals surface area contributed by atoms with Crippen molar-refractivity contribution in [1.82, 2.24) is 14.5 Å². The molecular weight excluding hydrogens is 296 g/mol. The maximum absolute atomic E-state index is 11.6. The Morgan fingerprint density at radius 2 is 2.24 bits per heavy atom. The number of ether oxygens (including phenoxy) is 1. The van der Waals surface area contributed by atoms with E-state index in [1.54, 1.807) is 6.07 Å². The van der Waals surface area contributed by atoms with Gasteiger partial charge in [-0.1, -0.05) is 0 Å². The second-order valence-electron chi connectivity index (χ2n) is 4.29. The van der Waals surface area contributed by atoms with Gasteiger partial charge in [0.25, 0.3) is 0 Å². The minimum Gasteiger partial charge on any atom is -0.463 e. The minimum atomic E-state index is -0.577. The van der Waals surface area contributed by atoms with Crippen molar-refractivity contribution >= 4 is 40.1 Å². The number of anilines is 2. The summed E-state index contributed by atoms with van der Waals surface area (Å²) >= 11 is 5.93. The molecule has 0 aliphatic carbocycles. The zero-order valence-electron chi connectivity index (χ0n) is 11.3. The second kappa shape index (κ2) is 5.10. The Labute approximate surface area is 124 Å². The van der Waals surface area contributed by atoms with Crippen LogP contribution in [0.2, 0.25) is 5.28 Å². The van der Waals surface area contributed by atoms with E-state index in [9.17, 15) is 4.79 Å². The summed E-state index contributed by atoms with van der Waals surface area (Å²) in [4.78, 5) is 19.9. The van der Waals surface area contributed by atoms with Gasteiger partial charge in [-0.25, -0.2) is 4.79 Å². The lowest BCUT2D eigenvalue weighted by molar-refractivity contribution is 0.0566. The van der Waals surface area contributed by atoms with Crippen molar-refractivity contribution in [3.8, 4) is 0 Å². The first-order valence-corrected chi connectivity index (χ1v) is 6.39. The van der Waals surface area contributed by atoms with Crippen molar-refractivity contribution in [3.05, 3.63) is 35.6 Å². The number of hydrogen-bond donors (Lipinski definition) is 1. The van der Waals surface area contributed by atoms with Crippen LogP contribution in [-0.2, 0) is 11.8 Å². The molecule has 0 spiro atoms. The average Bonchev–Trinajstić information content (AvgIpc) is 3.06. The number of furan rings is 1. The van der Waals surface area contributed by atoms with Crippen LogP contribution in [0.15, 0.2) is 29.0 Å². The Kier molecular flexibility index (Phi) is 3.26. The molecule has 3 aromatic heterocycles. The molecule has 0 aromatic carbocycles. The third-order valence-corrected chi connectivity index (χ3v) is 3.16. The van der Waals surface area contributed by atoms with E-state index < -0.39 is 5.97 Å². The standard InChI is InChI=1S/C13H11ClN4O3/c1-18-5-3-7-10(16-13(14)17-11(7)18)15-8-4-6-21-9(8)12(19)20-2/h3-6H,1-2H3,(H,15,16,17). The van der Waals surface area contributed by atoms with Crippen LogP contribution >= 0.6 is 11.6 Å². The van der Waals surface area contributed by atoms with E-state index in [1.165, 1.54) is 13.4 Å². The van der Waals surface area contributed by atoms with E-state index in [0.29, 0.717) is 17.2 Å². The lowest BCUT2D eigenvalue weighted by atomic mass is 10.3. The molecular formula is C13H11ClN4O3. The first-order valence-electron chi connectivity index (χ1n) is 6.01. The van der Waals surface area contributed by atoms with Crippen LogP contribution in [0.5, 0.6) is 0 Å². The first-order chi connectivity index (χ1) is 10.1. The molecule has 8 heteroatoms. The molecule has 0 fully saturated rings. The largest absolute Gasteiger partial charge is 0.463 e. The van der Waals surface area contributed by atoms with Gasteiger partial charge in [-0.2, -0.15) is 9.97 Å². The zero-order valence-corrected chi connectivity index (χ0v) is 12.0. The van der Waals surface area contributed by atoms with Gasteiger partial charge in [0, 0.05) is 19.3 Å². The summed E-state index contributed by atoms with van der Waals surface area (Å²) in [5.74, 6) is -0.0274. The fraction of sp³-hybridized carbons (Fsp3) is 0.154. The van der Waals surface area contributed by atoms with Crippen LogP contribution in [0, 0.1) is 0 Å². The van der Waals surface area contributed by atoms with E-state index in [1.807, 2.05) is 23.9 Å². The Morgan fingerprint density at radius 1 is 1.43 bits per heavy atom. The molecule has 0 aliphatic rings. The summed E-state index contributed by atoms with van der Waals surface area (Å²) in [5.41, 5.74) is 1.13. The lowest BCUT2D eigenvalue weighted by Crippen LogP contribution is -2.04. The molecule has 0 radical (unpaired) electrons. The molecule has 108 valence electrons. The van der Waals surface area contributed by atoms with Gasteiger partial charge in [0.1, 0.15) is 11.5 Å². The quantitative estimate of drug-likeness (QED) is 0.592. The smallest absolute Gasteiger partial charge is 0.376 e. The number of hydrogen-bond acceptors (Lipinski definition) is 6. The van der Waals surface area contributed by atoms with Gasteiger partial charge in [0.2, 0.25) is 11.0 Å². The molecule has 0 saturated carbocycles. The third-order valence-electron chi connectivity index (χ3n) is 2.99. The van der Waals surface area contributed by atoms with Crippen LogP contribution in [-0.4, -0.2) is 27.6 Å². The number of nitrogens with one attached hydrogen (secondary N) is 1. The normalized spacial score (nSPS) is 10.8. The molecule has 0 aliphatic heterocycles. The van der Waals surface area contributed by atoms with Crippen LogP contribution < -0.4 is 5.32 Å². The van der Waals surface area contributed by atoms with Crippen molar-refractivity contribution in [2.75, 3.05) is 12.4 Å². The Balaban J connectivity index is 2.06. The number of carbonyl (C=O) groups is 1. The fourth-order valence-corrected chi connectivity index (χ4v) is 2.16. The number of rotatable bonds is 3. The molecule has 0 bridgehead atoms. The number of aryl methyl sites for hydroxylation is 1. The highest BCUT2D eigenvalue weighted by Gasteiger charge is 2.18. The number of aromatic nitrogens is 3. The second-order valence-corrected chi connectivity index (χ2v) is 4.62. The van der Waals surface area contributed by atoms with Crippen molar-refractivity contribution in [2.45, 2.75) is 0 Å². The highest BCUT2D eigenvalue weighted by Crippen LogP contribution is 2.28. The summed E-state index contributed by atoms with van der Waals surface area (Å²) in [6.07, 6.45) is 3.23. The summed E-state index contributed by atoms with van der Waals surface area (Å²) in [5, 5.41) is 3.90. The molecule has 3 rings (SSSR count). The van der Waals surface area contributed by atoms with Gasteiger partial charge < -0.3 is 19.0 Å². The van der Waals surface area contributed by atoms with Gasteiger partial charge >= 0.3 is 5.97 Å². The fourth-order valence-electron chi connectivity index (χ4n) is 1.99. The van der Waals surface area contributed by atoms with Crippen molar-refractivity contribution < 1.29 is 13.9 Å². The van der Waals surface area contributed by atoms with E-state index in [-0.39, 0.29) is 11.0 Å². The summed E-state index contributed by atoms with van der Waals surface area (Å²) < 4.78 is 11.6. The van der Waals surface area contributed by atoms with Crippen LogP contribution in [0.4, 0.5) is 11.5 Å². The van der Waals surface area contributed by atoms with E-state index >= 15 is 0 Å². The van der Waals surface area contributed by atoms with Crippen molar-refractivity contribution in [2.24, 2.45) is 7.05 Å². The van der Waals surface area contributed by atoms with E-state index in [2.05, 4.69) is 20.0 Å². The van der Waals surface area contributed by atoms with Gasteiger partial charge in [-0.15, -0.1) is 0 Å². The first kappa shape index (κ1) is 13.4. The van der Waals surface area contributed by atoms with E-state index in [4.69, 9.17) is 16.0 Å². The minimum absolute atomic E-state index is 0.0660. The molecule has 1 N–H and O–H groups in total. The average molecular weight is 307 g/mol. The maximum Gasteiger partial charge on any atom is 0.376 e. The predicted octanol–water partition coefficient (Wildman–Crippen LogP) is 2.74. The number of fused-ring (bicyclic) bond motifs is 1. The van der Waals surface area contributed by atoms with Crippen molar-refractivity contribution in [3.63, 3.8) is 0 Å². The van der Waals surface area contributed by atoms with Crippen LogP contribution in [0.25, 0.3) is 11.0 Å². The SMILES string of the molecule is COC(=O)c1occc1Nc1nc(Cl)nc2c1ccn2C. The van der Waals surface area contributed by atoms with Crippen LogP contribution in [0.3, 0.4) is 0 Å². The van der Waals surface area contributed by atoms with Gasteiger partial charge in [-0.3, -0.25) is 0 Å². The highest BCUT2D eigenvalue weighted by atomic mass is 35.5. The maximum atomic E-state index is 11.6. The summed E-state index contributed by atoms with van der Waals surface area (Å²) in [7, 11) is 3.14. The lowest BCUT2D eigenvalue weighted by Gasteiger charge is -2.07. The Morgan fingerprint density at radius 3 is 3.00 bits per heavy atom. The number of methoxy groups -OCH3 is 1. The number of esters is 1. The van der Waals surface area contributed by atoms with E-state index in [0.717, 1.165) is 5.39 Å². The molecule has 21 heavy (non-hydrogen) atoms. The van der Waals surface area contributed by atoms with Gasteiger partial charge in [-0.05, 0) is 17.7 Å². The molecule has 3 heterocycles. The Bertz CT molecular complexity index is 824. The van der Waals surface area contributed by atoms with Gasteiger partial charge in [0.15, 0.2) is 0 Å². The zero-order chi connectivity index (χ0) is 15.0. The number of carbonyl (C=O) groups excluding carboxylic acids is 1. The summed E-state index contributed by atoms with van der Waals surface area (Å²) in [6, 6.07) is 3.46. The molecule has 0 unspecified atom stereocenters. The number of nitrogens with zero attached hydrogens (tertiary/aromatic N) is 3. The number of halogens is 1. The molecule has 0 atom stereocenters. The third kappa shape index (κ3) is 2.31. The van der Waals surface area contributed by atoms with Gasteiger partial charge in [0.05, 0.1) is 24.4 Å². The topological polar surface area (TPSA) is 82.2 Å².